The lowest BCUT2D eigenvalue weighted by Gasteiger charge is -2.11. The monoisotopic (exact) mass is 284 g/mol. The van der Waals surface area contributed by atoms with E-state index >= 15 is 0 Å². The van der Waals surface area contributed by atoms with Gasteiger partial charge in [-0.3, -0.25) is 0 Å². The van der Waals surface area contributed by atoms with Gasteiger partial charge in [0.2, 0.25) is 0 Å². The molecule has 0 bridgehead atoms. The SMILES string of the molecule is CC(C)Oc1ccc(NCCNCc2ccccc2)cc1. The third-order valence-electron chi connectivity index (χ3n) is 3.03. The van der Waals surface area contributed by atoms with Gasteiger partial charge >= 0.3 is 0 Å². The fourth-order valence-electron chi connectivity index (χ4n) is 2.05. The van der Waals surface area contributed by atoms with E-state index in [1.807, 2.05) is 32.0 Å². The van der Waals surface area contributed by atoms with Crippen LogP contribution in [0.5, 0.6) is 5.75 Å². The Kier molecular flexibility index (Phi) is 6.10. The summed E-state index contributed by atoms with van der Waals surface area (Å²) in [6.07, 6.45) is 0.214. The molecule has 0 radical (unpaired) electrons. The molecule has 0 atom stereocenters. The number of hydrogen-bond acceptors (Lipinski definition) is 3. The topological polar surface area (TPSA) is 33.3 Å². The Labute approximate surface area is 127 Å². The molecule has 3 heteroatoms. The summed E-state index contributed by atoms with van der Waals surface area (Å²) >= 11 is 0. The molecule has 0 amide bonds. The molecule has 2 aromatic rings. The summed E-state index contributed by atoms with van der Waals surface area (Å²) in [4.78, 5) is 0. The van der Waals surface area contributed by atoms with E-state index in [1.165, 1.54) is 5.56 Å². The number of nitrogens with one attached hydrogen (secondary N) is 2. The van der Waals surface area contributed by atoms with Crippen molar-refractivity contribution in [2.75, 3.05) is 18.4 Å². The first-order chi connectivity index (χ1) is 10.2. The van der Waals surface area contributed by atoms with Crippen LogP contribution in [0.1, 0.15) is 19.4 Å². The molecule has 0 saturated carbocycles. The van der Waals surface area contributed by atoms with Crippen LogP contribution in [0.15, 0.2) is 54.6 Å². The van der Waals surface area contributed by atoms with E-state index in [0.29, 0.717) is 0 Å². The quantitative estimate of drug-likeness (QED) is 0.726. The second-order valence-electron chi connectivity index (χ2n) is 5.28. The molecular weight excluding hydrogens is 260 g/mol. The lowest BCUT2D eigenvalue weighted by Crippen LogP contribution is -2.21. The summed E-state index contributed by atoms with van der Waals surface area (Å²) in [6.45, 7) is 6.80. The number of rotatable bonds is 8. The van der Waals surface area contributed by atoms with Crippen LogP contribution in [0, 0.1) is 0 Å². The third kappa shape index (κ3) is 5.88. The average Bonchev–Trinajstić information content (AvgIpc) is 2.49. The van der Waals surface area contributed by atoms with Crippen molar-refractivity contribution in [3.05, 3.63) is 60.2 Å². The van der Waals surface area contributed by atoms with Gasteiger partial charge in [-0.2, -0.15) is 0 Å². The second-order valence-corrected chi connectivity index (χ2v) is 5.28. The molecule has 0 heterocycles. The Morgan fingerprint density at radius 1 is 0.905 bits per heavy atom. The van der Waals surface area contributed by atoms with Crippen LogP contribution in [0.2, 0.25) is 0 Å². The van der Waals surface area contributed by atoms with E-state index in [4.69, 9.17) is 4.74 Å². The van der Waals surface area contributed by atoms with Crippen molar-refractivity contribution in [1.82, 2.24) is 5.32 Å². The molecule has 0 aromatic heterocycles. The lowest BCUT2D eigenvalue weighted by molar-refractivity contribution is 0.242. The first-order valence-corrected chi connectivity index (χ1v) is 7.49. The van der Waals surface area contributed by atoms with Gasteiger partial charge in [0, 0.05) is 25.3 Å². The third-order valence-corrected chi connectivity index (χ3v) is 3.03. The maximum absolute atomic E-state index is 5.62. The van der Waals surface area contributed by atoms with Crippen molar-refractivity contribution >= 4 is 5.69 Å². The van der Waals surface area contributed by atoms with Crippen LogP contribution in [-0.4, -0.2) is 19.2 Å². The summed E-state index contributed by atoms with van der Waals surface area (Å²) < 4.78 is 5.62. The van der Waals surface area contributed by atoms with Gasteiger partial charge in [-0.15, -0.1) is 0 Å². The predicted octanol–water partition coefficient (Wildman–Crippen LogP) is 3.68. The summed E-state index contributed by atoms with van der Waals surface area (Å²) in [5.41, 5.74) is 2.43. The van der Waals surface area contributed by atoms with Crippen LogP contribution < -0.4 is 15.4 Å². The van der Waals surface area contributed by atoms with Crippen molar-refractivity contribution in [3.8, 4) is 5.75 Å². The van der Waals surface area contributed by atoms with Crippen LogP contribution in [-0.2, 0) is 6.54 Å². The molecule has 2 aromatic carbocycles. The van der Waals surface area contributed by atoms with Crippen LogP contribution in [0.4, 0.5) is 5.69 Å². The standard InChI is InChI=1S/C18H24N2O/c1-15(2)21-18-10-8-17(9-11-18)20-13-12-19-14-16-6-4-3-5-7-16/h3-11,15,19-20H,12-14H2,1-2H3. The smallest absolute Gasteiger partial charge is 0.119 e. The van der Waals surface area contributed by atoms with Crippen molar-refractivity contribution in [2.45, 2.75) is 26.5 Å². The number of ether oxygens (including phenoxy) is 1. The zero-order chi connectivity index (χ0) is 14.9. The van der Waals surface area contributed by atoms with Gasteiger partial charge in [-0.25, -0.2) is 0 Å². The molecule has 0 unspecified atom stereocenters. The summed E-state index contributed by atoms with van der Waals surface area (Å²) in [6, 6.07) is 18.5. The van der Waals surface area contributed by atoms with Crippen LogP contribution >= 0.6 is 0 Å². The average molecular weight is 284 g/mol. The molecule has 0 aliphatic carbocycles. The molecule has 112 valence electrons. The fourth-order valence-corrected chi connectivity index (χ4v) is 2.05. The molecule has 0 aliphatic heterocycles. The van der Waals surface area contributed by atoms with E-state index in [0.717, 1.165) is 31.1 Å². The minimum atomic E-state index is 0.214. The van der Waals surface area contributed by atoms with Crippen molar-refractivity contribution in [2.24, 2.45) is 0 Å². The van der Waals surface area contributed by atoms with Gasteiger partial charge in [0.15, 0.2) is 0 Å². The van der Waals surface area contributed by atoms with Crippen molar-refractivity contribution in [1.29, 1.82) is 0 Å². The molecule has 0 fully saturated rings. The van der Waals surface area contributed by atoms with Gasteiger partial charge in [0.25, 0.3) is 0 Å². The normalized spacial score (nSPS) is 10.6. The van der Waals surface area contributed by atoms with Crippen molar-refractivity contribution in [3.63, 3.8) is 0 Å². The second kappa shape index (κ2) is 8.32. The molecular formula is C18H24N2O. The Morgan fingerprint density at radius 3 is 2.29 bits per heavy atom. The Hall–Kier alpha value is -2.00. The highest BCUT2D eigenvalue weighted by Crippen LogP contribution is 2.16. The zero-order valence-corrected chi connectivity index (χ0v) is 12.8. The van der Waals surface area contributed by atoms with Gasteiger partial charge in [-0.1, -0.05) is 30.3 Å². The van der Waals surface area contributed by atoms with Crippen LogP contribution in [0.3, 0.4) is 0 Å². The van der Waals surface area contributed by atoms with E-state index in [1.54, 1.807) is 0 Å². The molecule has 0 saturated heterocycles. The number of benzene rings is 2. The minimum Gasteiger partial charge on any atom is -0.491 e. The Morgan fingerprint density at radius 2 is 1.62 bits per heavy atom. The maximum atomic E-state index is 5.62. The fraction of sp³-hybridized carbons (Fsp3) is 0.333. The number of hydrogen-bond donors (Lipinski definition) is 2. The van der Waals surface area contributed by atoms with Crippen molar-refractivity contribution < 1.29 is 4.74 Å². The molecule has 2 N–H and O–H groups in total. The first-order valence-electron chi connectivity index (χ1n) is 7.49. The Bertz CT molecular complexity index is 509. The molecule has 21 heavy (non-hydrogen) atoms. The predicted molar refractivity (Wildman–Crippen MR) is 88.8 cm³/mol. The largest absolute Gasteiger partial charge is 0.491 e. The van der Waals surface area contributed by atoms with E-state index < -0.39 is 0 Å². The zero-order valence-electron chi connectivity index (χ0n) is 12.8. The highest BCUT2D eigenvalue weighted by molar-refractivity contribution is 5.46. The van der Waals surface area contributed by atoms with E-state index in [-0.39, 0.29) is 6.10 Å². The minimum absolute atomic E-state index is 0.214. The molecule has 3 nitrogen and oxygen atoms in total. The highest BCUT2D eigenvalue weighted by atomic mass is 16.5. The molecule has 2 rings (SSSR count). The van der Waals surface area contributed by atoms with Gasteiger partial charge in [0.1, 0.15) is 5.75 Å². The van der Waals surface area contributed by atoms with Crippen LogP contribution in [0.25, 0.3) is 0 Å². The van der Waals surface area contributed by atoms with Gasteiger partial charge in [-0.05, 0) is 43.7 Å². The molecule has 0 aliphatic rings. The summed E-state index contributed by atoms with van der Waals surface area (Å²) in [5.74, 6) is 0.915. The first kappa shape index (κ1) is 15.4. The van der Waals surface area contributed by atoms with Gasteiger partial charge < -0.3 is 15.4 Å². The van der Waals surface area contributed by atoms with Gasteiger partial charge in [0.05, 0.1) is 6.10 Å². The summed E-state index contributed by atoms with van der Waals surface area (Å²) in [7, 11) is 0. The van der Waals surface area contributed by atoms with E-state index in [2.05, 4.69) is 47.0 Å². The maximum Gasteiger partial charge on any atom is 0.119 e. The summed E-state index contributed by atoms with van der Waals surface area (Å²) in [5, 5.41) is 6.82. The lowest BCUT2D eigenvalue weighted by atomic mass is 10.2. The molecule has 0 spiro atoms. The highest BCUT2D eigenvalue weighted by Gasteiger charge is 1.97. The number of anilines is 1. The Balaban J connectivity index is 1.64. The van der Waals surface area contributed by atoms with E-state index in [9.17, 15) is 0 Å².